The first-order chi connectivity index (χ1) is 28.3. The van der Waals surface area contributed by atoms with E-state index in [1.807, 2.05) is 11.3 Å². The predicted octanol–water partition coefficient (Wildman–Crippen LogP) is 14.4. The minimum absolute atomic E-state index is 0.444. The second-order valence-electron chi connectivity index (χ2n) is 15.5. The number of hydrogen-bond acceptors (Lipinski definition) is 1. The summed E-state index contributed by atoms with van der Waals surface area (Å²) >= 11 is 1.89. The summed E-state index contributed by atoms with van der Waals surface area (Å²) in [5.74, 6) is 0. The van der Waals surface area contributed by atoms with Crippen molar-refractivity contribution in [3.63, 3.8) is 0 Å². The summed E-state index contributed by atoms with van der Waals surface area (Å²) in [5, 5.41) is 2.66. The standard InChI is InChI=1S/C56H36S/c1-2-15-38(16-3-1)55(49-24-9-4-17-43(49)44-18-5-10-25-50(44)55)40-33-35-41(36-34-40)56(51-26-11-6-19-45(51)46-20-7-12-27-52(46)56)39-31-29-37(30-32-39)42-22-14-23-48-47-21-8-13-28-53(47)57-54(42)48/h1-36H. The zero-order chi connectivity index (χ0) is 37.6. The highest BCUT2D eigenvalue weighted by Crippen LogP contribution is 2.59. The highest BCUT2D eigenvalue weighted by Gasteiger charge is 2.48. The van der Waals surface area contributed by atoms with E-state index in [-0.39, 0.29) is 0 Å². The third-order valence-corrected chi connectivity index (χ3v) is 14.1. The Hall–Kier alpha value is -6.80. The van der Waals surface area contributed by atoms with Crippen molar-refractivity contribution in [1.29, 1.82) is 0 Å². The van der Waals surface area contributed by atoms with E-state index in [0.29, 0.717) is 0 Å². The Morgan fingerprint density at radius 3 is 1.14 bits per heavy atom. The number of hydrogen-bond donors (Lipinski definition) is 0. The van der Waals surface area contributed by atoms with Gasteiger partial charge in [-0.2, -0.15) is 0 Å². The summed E-state index contributed by atoms with van der Waals surface area (Å²) in [4.78, 5) is 0. The third-order valence-electron chi connectivity index (χ3n) is 12.9. The van der Waals surface area contributed by atoms with Gasteiger partial charge in [0.1, 0.15) is 0 Å². The first-order valence-corrected chi connectivity index (χ1v) is 20.7. The van der Waals surface area contributed by atoms with E-state index >= 15 is 0 Å². The monoisotopic (exact) mass is 740 g/mol. The smallest absolute Gasteiger partial charge is 0.0713 e. The van der Waals surface area contributed by atoms with E-state index < -0.39 is 10.8 Å². The highest BCUT2D eigenvalue weighted by atomic mass is 32.1. The Morgan fingerprint density at radius 2 is 0.632 bits per heavy atom. The molecule has 0 bridgehead atoms. The maximum Gasteiger partial charge on any atom is 0.0713 e. The van der Waals surface area contributed by atoms with Gasteiger partial charge in [0, 0.05) is 20.2 Å². The Morgan fingerprint density at radius 1 is 0.263 bits per heavy atom. The van der Waals surface area contributed by atoms with Gasteiger partial charge < -0.3 is 0 Å². The molecular formula is C56H36S. The Balaban J connectivity index is 1.08. The van der Waals surface area contributed by atoms with Crippen molar-refractivity contribution >= 4 is 31.5 Å². The van der Waals surface area contributed by atoms with E-state index in [9.17, 15) is 0 Å². The Labute approximate surface area is 337 Å². The second-order valence-corrected chi connectivity index (χ2v) is 16.5. The minimum Gasteiger partial charge on any atom is -0.135 e. The zero-order valence-electron chi connectivity index (χ0n) is 31.2. The van der Waals surface area contributed by atoms with Gasteiger partial charge in [-0.25, -0.2) is 0 Å². The molecule has 2 aliphatic carbocycles. The number of fused-ring (bicyclic) bond motifs is 9. The van der Waals surface area contributed by atoms with Crippen LogP contribution in [0, 0.1) is 0 Å². The molecule has 0 atom stereocenters. The summed E-state index contributed by atoms with van der Waals surface area (Å²) < 4.78 is 2.67. The molecule has 266 valence electrons. The van der Waals surface area contributed by atoms with E-state index in [4.69, 9.17) is 0 Å². The summed E-state index contributed by atoms with van der Waals surface area (Å²) in [6.45, 7) is 0. The van der Waals surface area contributed by atoms with Crippen molar-refractivity contribution in [2.75, 3.05) is 0 Å². The normalized spacial score (nSPS) is 14.2. The molecule has 0 aliphatic heterocycles. The van der Waals surface area contributed by atoms with Crippen LogP contribution in [-0.2, 0) is 10.8 Å². The van der Waals surface area contributed by atoms with Crippen LogP contribution in [0.25, 0.3) is 53.6 Å². The summed E-state index contributed by atoms with van der Waals surface area (Å²) in [7, 11) is 0. The lowest BCUT2D eigenvalue weighted by molar-refractivity contribution is 0.750. The van der Waals surface area contributed by atoms with Crippen LogP contribution < -0.4 is 0 Å². The van der Waals surface area contributed by atoms with Crippen LogP contribution >= 0.6 is 11.3 Å². The van der Waals surface area contributed by atoms with E-state index in [1.165, 1.54) is 98.1 Å². The van der Waals surface area contributed by atoms with Gasteiger partial charge in [0.05, 0.1) is 10.8 Å². The molecule has 0 radical (unpaired) electrons. The first-order valence-electron chi connectivity index (χ1n) is 19.8. The Kier molecular flexibility index (Phi) is 7.03. The van der Waals surface area contributed by atoms with Crippen molar-refractivity contribution in [2.45, 2.75) is 10.8 Å². The molecule has 0 spiro atoms. The molecule has 1 aromatic heterocycles. The van der Waals surface area contributed by atoms with Gasteiger partial charge in [-0.15, -0.1) is 11.3 Å². The summed E-state index contributed by atoms with van der Waals surface area (Å²) in [6.07, 6.45) is 0. The molecule has 0 N–H and O–H groups in total. The predicted molar refractivity (Wildman–Crippen MR) is 239 cm³/mol. The van der Waals surface area contributed by atoms with Crippen LogP contribution in [0.3, 0.4) is 0 Å². The van der Waals surface area contributed by atoms with E-state index in [1.54, 1.807) is 0 Å². The maximum absolute atomic E-state index is 2.42. The number of benzene rings is 9. The maximum atomic E-state index is 2.42. The molecule has 1 heterocycles. The van der Waals surface area contributed by atoms with Crippen molar-refractivity contribution in [3.8, 4) is 33.4 Å². The number of rotatable bonds is 5. The number of thiophene rings is 1. The van der Waals surface area contributed by atoms with Crippen LogP contribution in [-0.4, -0.2) is 0 Å². The van der Waals surface area contributed by atoms with Crippen molar-refractivity contribution in [2.24, 2.45) is 0 Å². The SMILES string of the molecule is c1ccc(C2(c3ccc(C4(c5ccc(-c6cccc7c6sc6ccccc67)cc5)c5ccccc5-c5ccccc54)cc3)c3ccccc3-c3ccccc32)cc1. The lowest BCUT2D eigenvalue weighted by atomic mass is 9.65. The zero-order valence-corrected chi connectivity index (χ0v) is 32.0. The van der Waals surface area contributed by atoms with Crippen LogP contribution in [0.1, 0.15) is 44.5 Å². The largest absolute Gasteiger partial charge is 0.135 e. The van der Waals surface area contributed by atoms with E-state index in [0.717, 1.165) is 0 Å². The minimum atomic E-state index is -0.501. The molecule has 1 heteroatoms. The van der Waals surface area contributed by atoms with Crippen LogP contribution in [0.5, 0.6) is 0 Å². The van der Waals surface area contributed by atoms with Crippen LogP contribution in [0.15, 0.2) is 218 Å². The first kappa shape index (κ1) is 32.4. The molecule has 12 rings (SSSR count). The second kappa shape index (κ2) is 12.4. The van der Waals surface area contributed by atoms with Gasteiger partial charge in [0.2, 0.25) is 0 Å². The van der Waals surface area contributed by atoms with Crippen molar-refractivity contribution < 1.29 is 0 Å². The topological polar surface area (TPSA) is 0 Å². The van der Waals surface area contributed by atoms with Gasteiger partial charge in [-0.3, -0.25) is 0 Å². The molecular weight excluding hydrogens is 705 g/mol. The van der Waals surface area contributed by atoms with Gasteiger partial charge in [-0.1, -0.05) is 212 Å². The molecule has 0 saturated heterocycles. The molecule has 0 unspecified atom stereocenters. The molecule has 57 heavy (non-hydrogen) atoms. The molecule has 0 fully saturated rings. The summed E-state index contributed by atoms with van der Waals surface area (Å²) in [6, 6.07) is 81.9. The lowest BCUT2D eigenvalue weighted by Crippen LogP contribution is -2.30. The quantitative estimate of drug-likeness (QED) is 0.165. The molecule has 0 saturated carbocycles. The van der Waals surface area contributed by atoms with Crippen molar-refractivity contribution in [1.82, 2.24) is 0 Å². The molecule has 9 aromatic carbocycles. The van der Waals surface area contributed by atoms with E-state index in [2.05, 4.69) is 218 Å². The Bertz CT molecular complexity index is 3070. The highest BCUT2D eigenvalue weighted by molar-refractivity contribution is 7.26. The molecule has 10 aromatic rings. The fourth-order valence-electron chi connectivity index (χ4n) is 10.6. The van der Waals surface area contributed by atoms with Gasteiger partial charge in [0.25, 0.3) is 0 Å². The van der Waals surface area contributed by atoms with Crippen LogP contribution in [0.2, 0.25) is 0 Å². The molecule has 2 aliphatic rings. The fourth-order valence-corrected chi connectivity index (χ4v) is 11.8. The average molecular weight is 741 g/mol. The molecule has 0 amide bonds. The van der Waals surface area contributed by atoms with Gasteiger partial charge in [0.15, 0.2) is 0 Å². The van der Waals surface area contributed by atoms with Crippen molar-refractivity contribution in [3.05, 3.63) is 263 Å². The van der Waals surface area contributed by atoms with Crippen LogP contribution in [0.4, 0.5) is 0 Å². The summed E-state index contributed by atoms with van der Waals surface area (Å²) in [5.41, 5.74) is 17.2. The lowest BCUT2D eigenvalue weighted by Gasteiger charge is -2.36. The fraction of sp³-hybridized carbons (Fsp3) is 0.0357. The van der Waals surface area contributed by atoms with Gasteiger partial charge in [-0.05, 0) is 84.0 Å². The average Bonchev–Trinajstić information content (AvgIpc) is 3.92. The third kappa shape index (κ3) is 4.38. The molecule has 0 nitrogen and oxygen atoms in total. The van der Waals surface area contributed by atoms with Gasteiger partial charge >= 0.3 is 0 Å².